The van der Waals surface area contributed by atoms with Gasteiger partial charge in [-0.15, -0.1) is 41.5 Å². The molecule has 0 aromatic heterocycles. The van der Waals surface area contributed by atoms with Crippen molar-refractivity contribution >= 4 is 11.1 Å². The van der Waals surface area contributed by atoms with Crippen LogP contribution in [0.25, 0.3) is 11.1 Å². The predicted molar refractivity (Wildman–Crippen MR) is 182 cm³/mol. The van der Waals surface area contributed by atoms with Crippen molar-refractivity contribution in [3.8, 4) is 0 Å². The number of hydrogen-bond donors (Lipinski definition) is 1. The summed E-state index contributed by atoms with van der Waals surface area (Å²) in [6, 6.07) is 61.1. The fourth-order valence-corrected chi connectivity index (χ4v) is 4.67. The van der Waals surface area contributed by atoms with Crippen LogP contribution < -0.4 is 0 Å². The molecule has 1 nitrogen and oxygen atoms in total. The summed E-state index contributed by atoms with van der Waals surface area (Å²) in [6.45, 7) is 3.74. The topological polar surface area (TPSA) is 20.2 Å². The molecule has 0 aliphatic carbocycles. The molecule has 0 saturated carbocycles. The fraction of sp³-hybridized carbons (Fsp3) is 0.0952. The Kier molecular flexibility index (Phi) is 14.3. The summed E-state index contributed by atoms with van der Waals surface area (Å²) in [5.41, 5.74) is 5.30. The molecule has 0 saturated heterocycles. The van der Waals surface area contributed by atoms with Crippen LogP contribution >= 0.6 is 0 Å². The normalized spacial score (nSPS) is 11.4. The van der Waals surface area contributed by atoms with Gasteiger partial charge in [0.25, 0.3) is 0 Å². The van der Waals surface area contributed by atoms with E-state index in [4.69, 9.17) is 0 Å². The average Bonchev–Trinajstić information content (AvgIpc) is 3.83. The summed E-state index contributed by atoms with van der Waals surface area (Å²) in [7, 11) is 0. The Bertz CT molecular complexity index is 1490. The van der Waals surface area contributed by atoms with E-state index in [1.807, 2.05) is 135 Å². The predicted octanol–water partition coefficient (Wildman–Crippen LogP) is 10.2. The van der Waals surface area contributed by atoms with Crippen LogP contribution in [0.1, 0.15) is 36.1 Å². The van der Waals surface area contributed by atoms with Gasteiger partial charge in [-0.2, -0.15) is 36.4 Å². The third-order valence-electron chi connectivity index (χ3n) is 6.82. The molecule has 0 bridgehead atoms. The molecule has 1 atom stereocenters. The standard InChI is InChI=1S/C32H29O.2C5H5.Ti/c1-32(2,33)31(24-29(26-17-9-4-10-18-26)27-19-11-5-12-20-27)30(28-21-13-6-14-22-28)23-25-15-7-3-8-16-25;2*1-2-4-5-3-1;/h3-22,24,31,33H,1-2H3;2*1-5H;/q3*-1;. The van der Waals surface area contributed by atoms with Crippen molar-refractivity contribution in [1.82, 2.24) is 0 Å². The van der Waals surface area contributed by atoms with Crippen molar-refractivity contribution in [3.63, 3.8) is 0 Å². The SMILES string of the molecule is CC(C)(O)C(C=C(c1ccccc1)c1ccccc1)C(=[C-]c1ccccc1)c1ccccc1.[Ti].c1cc[cH-]c1.c1cc[cH-]c1. The second-order valence-corrected chi connectivity index (χ2v) is 10.6. The molecule has 220 valence electrons. The minimum Gasteiger partial charge on any atom is -0.390 e. The van der Waals surface area contributed by atoms with Gasteiger partial charge < -0.3 is 5.11 Å². The molecule has 6 aromatic carbocycles. The van der Waals surface area contributed by atoms with Gasteiger partial charge in [-0.05, 0) is 30.5 Å². The maximum absolute atomic E-state index is 11.4. The van der Waals surface area contributed by atoms with Crippen molar-refractivity contribution < 1.29 is 26.8 Å². The second kappa shape index (κ2) is 18.4. The number of aliphatic hydroxyl groups is 1. The van der Waals surface area contributed by atoms with Gasteiger partial charge in [0.2, 0.25) is 0 Å². The van der Waals surface area contributed by atoms with Crippen LogP contribution in [0.3, 0.4) is 0 Å². The first-order valence-electron chi connectivity index (χ1n) is 14.6. The Morgan fingerprint density at radius 3 is 1.27 bits per heavy atom. The van der Waals surface area contributed by atoms with Gasteiger partial charge >= 0.3 is 0 Å². The molecule has 0 fully saturated rings. The summed E-state index contributed by atoms with van der Waals surface area (Å²) >= 11 is 0. The first-order chi connectivity index (χ1) is 21.0. The van der Waals surface area contributed by atoms with Crippen LogP contribution in [0.2, 0.25) is 0 Å². The molecule has 0 aliphatic rings. The molecule has 1 unspecified atom stereocenters. The van der Waals surface area contributed by atoms with Crippen LogP contribution in [-0.2, 0) is 21.7 Å². The van der Waals surface area contributed by atoms with E-state index < -0.39 is 5.60 Å². The third-order valence-corrected chi connectivity index (χ3v) is 6.82. The zero-order chi connectivity index (χ0) is 30.2. The van der Waals surface area contributed by atoms with Crippen LogP contribution in [0, 0.1) is 12.0 Å². The maximum atomic E-state index is 11.4. The van der Waals surface area contributed by atoms with Crippen molar-refractivity contribution in [2.75, 3.05) is 0 Å². The monoisotopic (exact) mass is 607 g/mol. The zero-order valence-corrected chi connectivity index (χ0v) is 27.0. The quantitative estimate of drug-likeness (QED) is 0.109. The summed E-state index contributed by atoms with van der Waals surface area (Å²) in [4.78, 5) is 0. The van der Waals surface area contributed by atoms with Crippen molar-refractivity contribution in [1.29, 1.82) is 0 Å². The Balaban J connectivity index is 0.000000406. The van der Waals surface area contributed by atoms with Gasteiger partial charge in [-0.3, -0.25) is 0 Å². The van der Waals surface area contributed by atoms with E-state index in [9.17, 15) is 5.11 Å². The van der Waals surface area contributed by atoms with Crippen molar-refractivity contribution in [2.45, 2.75) is 19.4 Å². The molecule has 6 aromatic rings. The first-order valence-corrected chi connectivity index (χ1v) is 14.6. The van der Waals surface area contributed by atoms with E-state index in [-0.39, 0.29) is 27.6 Å². The fourth-order valence-electron chi connectivity index (χ4n) is 4.67. The summed E-state index contributed by atoms with van der Waals surface area (Å²) < 4.78 is 0. The van der Waals surface area contributed by atoms with Gasteiger partial charge in [0.1, 0.15) is 0 Å². The maximum Gasteiger partial charge on any atom is 0.0679 e. The van der Waals surface area contributed by atoms with Gasteiger partial charge in [0.05, 0.1) is 5.60 Å². The molecular weight excluding hydrogens is 568 g/mol. The van der Waals surface area contributed by atoms with Crippen LogP contribution in [0.4, 0.5) is 0 Å². The van der Waals surface area contributed by atoms with Crippen LogP contribution in [0.5, 0.6) is 0 Å². The summed E-state index contributed by atoms with van der Waals surface area (Å²) in [5.74, 6) is -0.296. The van der Waals surface area contributed by atoms with Gasteiger partial charge in [0, 0.05) is 27.6 Å². The van der Waals surface area contributed by atoms with Gasteiger partial charge in [-0.25, -0.2) is 24.3 Å². The second-order valence-electron chi connectivity index (χ2n) is 10.6. The Morgan fingerprint density at radius 1 is 0.568 bits per heavy atom. The third kappa shape index (κ3) is 11.1. The minimum atomic E-state index is -1.01. The Labute approximate surface area is 278 Å². The van der Waals surface area contributed by atoms with E-state index >= 15 is 0 Å². The number of rotatable bonds is 7. The number of hydrogen-bond acceptors (Lipinski definition) is 1. The smallest absolute Gasteiger partial charge is 0.0679 e. The molecule has 0 radical (unpaired) electrons. The molecule has 0 spiro atoms. The average molecular weight is 608 g/mol. The summed E-state index contributed by atoms with van der Waals surface area (Å²) in [5, 5.41) is 11.4. The van der Waals surface area contributed by atoms with E-state index in [0.717, 1.165) is 33.4 Å². The largest absolute Gasteiger partial charge is 0.390 e. The van der Waals surface area contributed by atoms with Gasteiger partial charge in [-0.1, -0.05) is 109 Å². The Hall–Kier alpha value is -4.27. The number of benzene rings is 4. The Morgan fingerprint density at radius 2 is 0.932 bits per heavy atom. The van der Waals surface area contributed by atoms with E-state index in [0.29, 0.717) is 0 Å². The van der Waals surface area contributed by atoms with Gasteiger partial charge in [0.15, 0.2) is 0 Å². The van der Waals surface area contributed by atoms with Crippen molar-refractivity contribution in [2.24, 2.45) is 5.92 Å². The molecule has 1 N–H and O–H groups in total. The summed E-state index contributed by atoms with van der Waals surface area (Å²) in [6.07, 6.45) is 5.82. The molecule has 0 aliphatic heterocycles. The van der Waals surface area contributed by atoms with E-state index in [1.54, 1.807) is 0 Å². The van der Waals surface area contributed by atoms with Crippen LogP contribution in [-0.4, -0.2) is 10.7 Å². The molecule has 0 heterocycles. The first kappa shape index (κ1) is 34.2. The van der Waals surface area contributed by atoms with E-state index in [2.05, 4.69) is 72.8 Å². The van der Waals surface area contributed by atoms with Crippen molar-refractivity contribution in [3.05, 3.63) is 216 Å². The molecule has 2 heteroatoms. The van der Waals surface area contributed by atoms with Crippen LogP contribution in [0.15, 0.2) is 188 Å². The minimum absolute atomic E-state index is 0. The molecule has 6 rings (SSSR count). The molecular formula is C42H39OTi-3. The van der Waals surface area contributed by atoms with E-state index in [1.165, 1.54) is 0 Å². The zero-order valence-electron chi connectivity index (χ0n) is 25.4. The molecule has 44 heavy (non-hydrogen) atoms. The molecule has 0 amide bonds.